The van der Waals surface area contributed by atoms with Gasteiger partial charge in [-0.25, -0.2) is 0 Å². The Balaban J connectivity index is 2.05. The van der Waals surface area contributed by atoms with Crippen LogP contribution in [0.2, 0.25) is 5.02 Å². The zero-order valence-electron chi connectivity index (χ0n) is 15.1. The molecule has 2 rings (SSSR count). The molecule has 2 aromatic rings. The highest BCUT2D eigenvalue weighted by molar-refractivity contribution is 6.40. The number of hydrogen-bond donors (Lipinski definition) is 2. The van der Waals surface area contributed by atoms with Gasteiger partial charge in [0.2, 0.25) is 0 Å². The molecule has 0 heterocycles. The zero-order valence-corrected chi connectivity index (χ0v) is 15.8. The van der Waals surface area contributed by atoms with E-state index in [4.69, 9.17) is 21.1 Å². The summed E-state index contributed by atoms with van der Waals surface area (Å²) in [6, 6.07) is 10.1. The molecule has 2 N–H and O–H groups in total. The fourth-order valence-electron chi connectivity index (χ4n) is 2.35. The van der Waals surface area contributed by atoms with Gasteiger partial charge in [-0.1, -0.05) is 23.7 Å². The topological polar surface area (TPSA) is 76.7 Å². The largest absolute Gasteiger partial charge is 0.497 e. The van der Waals surface area contributed by atoms with Crippen LogP contribution in [0.25, 0.3) is 0 Å². The number of aryl methyl sites for hydroxylation is 1. The Morgan fingerprint density at radius 2 is 1.69 bits per heavy atom. The van der Waals surface area contributed by atoms with E-state index in [9.17, 15) is 9.59 Å². The summed E-state index contributed by atoms with van der Waals surface area (Å²) in [4.78, 5) is 24.4. The van der Waals surface area contributed by atoms with Gasteiger partial charge in [-0.15, -0.1) is 0 Å². The van der Waals surface area contributed by atoms with Crippen molar-refractivity contribution in [3.8, 4) is 11.5 Å². The molecular formula is C19H21ClN2O4. The fourth-order valence-corrected chi connectivity index (χ4v) is 2.50. The molecule has 2 aromatic carbocycles. The lowest BCUT2D eigenvalue weighted by Gasteiger charge is -2.16. The Morgan fingerprint density at radius 1 is 1.04 bits per heavy atom. The van der Waals surface area contributed by atoms with Crippen molar-refractivity contribution in [3.05, 3.63) is 52.5 Å². The number of amides is 2. The number of nitrogens with one attached hydrogen (secondary N) is 2. The lowest BCUT2D eigenvalue weighted by atomic mass is 10.1. The molecule has 0 spiro atoms. The number of hydrogen-bond acceptors (Lipinski definition) is 4. The Labute approximate surface area is 157 Å². The van der Waals surface area contributed by atoms with Gasteiger partial charge in [0, 0.05) is 11.1 Å². The molecule has 7 heteroatoms. The van der Waals surface area contributed by atoms with Crippen LogP contribution in [-0.4, -0.2) is 26.0 Å². The first-order valence-electron chi connectivity index (χ1n) is 7.95. The van der Waals surface area contributed by atoms with Crippen molar-refractivity contribution in [3.63, 3.8) is 0 Å². The van der Waals surface area contributed by atoms with Gasteiger partial charge < -0.3 is 20.1 Å². The Hall–Kier alpha value is -2.73. The lowest BCUT2D eigenvalue weighted by molar-refractivity contribution is -0.136. The van der Waals surface area contributed by atoms with Crippen molar-refractivity contribution in [2.24, 2.45) is 0 Å². The minimum absolute atomic E-state index is 0.340. The van der Waals surface area contributed by atoms with E-state index >= 15 is 0 Å². The van der Waals surface area contributed by atoms with Crippen molar-refractivity contribution in [2.45, 2.75) is 19.9 Å². The summed E-state index contributed by atoms with van der Waals surface area (Å²) in [6.45, 7) is 3.59. The van der Waals surface area contributed by atoms with Gasteiger partial charge in [0.25, 0.3) is 0 Å². The maximum absolute atomic E-state index is 12.2. The molecule has 0 bridgehead atoms. The number of benzene rings is 2. The van der Waals surface area contributed by atoms with Crippen LogP contribution < -0.4 is 20.1 Å². The first kappa shape index (κ1) is 19.6. The highest BCUT2D eigenvalue weighted by atomic mass is 35.5. The maximum Gasteiger partial charge on any atom is 0.313 e. The average Bonchev–Trinajstić information content (AvgIpc) is 2.64. The first-order chi connectivity index (χ1) is 12.3. The van der Waals surface area contributed by atoms with Crippen LogP contribution in [0.1, 0.15) is 24.1 Å². The number of carbonyl (C=O) groups is 2. The van der Waals surface area contributed by atoms with Crippen molar-refractivity contribution < 1.29 is 19.1 Å². The molecule has 6 nitrogen and oxygen atoms in total. The lowest BCUT2D eigenvalue weighted by Crippen LogP contribution is -2.37. The molecule has 0 saturated heterocycles. The quantitative estimate of drug-likeness (QED) is 0.783. The Kier molecular flexibility index (Phi) is 6.46. The van der Waals surface area contributed by atoms with E-state index in [1.165, 1.54) is 7.11 Å². The summed E-state index contributed by atoms with van der Waals surface area (Å²) < 4.78 is 10.3. The normalized spacial score (nSPS) is 11.4. The fraction of sp³-hybridized carbons (Fsp3) is 0.263. The molecule has 2 amide bonds. The number of methoxy groups -OCH3 is 2. The van der Waals surface area contributed by atoms with Crippen LogP contribution in [0.4, 0.5) is 5.69 Å². The molecule has 0 radical (unpaired) electrons. The van der Waals surface area contributed by atoms with E-state index < -0.39 is 11.8 Å². The molecule has 0 aliphatic carbocycles. The van der Waals surface area contributed by atoms with Crippen molar-refractivity contribution in [1.82, 2.24) is 5.32 Å². The minimum Gasteiger partial charge on any atom is -0.497 e. The van der Waals surface area contributed by atoms with E-state index in [-0.39, 0.29) is 6.04 Å². The van der Waals surface area contributed by atoms with Gasteiger partial charge in [0.05, 0.1) is 25.9 Å². The van der Waals surface area contributed by atoms with Crippen molar-refractivity contribution >= 4 is 29.1 Å². The van der Waals surface area contributed by atoms with Gasteiger partial charge >= 0.3 is 11.8 Å². The van der Waals surface area contributed by atoms with Crippen LogP contribution in [0.15, 0.2) is 36.4 Å². The minimum atomic E-state index is -0.787. The number of anilines is 1. The van der Waals surface area contributed by atoms with Crippen LogP contribution >= 0.6 is 11.6 Å². The summed E-state index contributed by atoms with van der Waals surface area (Å²) >= 11 is 6.04. The number of carbonyl (C=O) groups excluding carboxylic acids is 2. The molecule has 0 fully saturated rings. The highest BCUT2D eigenvalue weighted by Gasteiger charge is 2.19. The third kappa shape index (κ3) is 4.67. The summed E-state index contributed by atoms with van der Waals surface area (Å²) in [5.41, 5.74) is 1.99. The summed E-state index contributed by atoms with van der Waals surface area (Å²) in [6.07, 6.45) is 0. The molecule has 26 heavy (non-hydrogen) atoms. The predicted molar refractivity (Wildman–Crippen MR) is 101 cm³/mol. The molecule has 0 aliphatic heterocycles. The monoisotopic (exact) mass is 376 g/mol. The first-order valence-corrected chi connectivity index (χ1v) is 8.33. The van der Waals surface area contributed by atoms with Crippen molar-refractivity contribution in [1.29, 1.82) is 0 Å². The Bertz CT molecular complexity index is 806. The average molecular weight is 377 g/mol. The van der Waals surface area contributed by atoms with Crippen LogP contribution in [-0.2, 0) is 9.59 Å². The molecule has 0 aromatic heterocycles. The summed E-state index contributed by atoms with van der Waals surface area (Å²) in [5.74, 6) is -0.437. The van der Waals surface area contributed by atoms with Gasteiger partial charge in [-0.2, -0.15) is 0 Å². The van der Waals surface area contributed by atoms with E-state index in [1.807, 2.05) is 12.1 Å². The third-order valence-corrected chi connectivity index (χ3v) is 4.31. The van der Waals surface area contributed by atoms with Crippen molar-refractivity contribution in [2.75, 3.05) is 19.5 Å². The van der Waals surface area contributed by atoms with E-state index in [2.05, 4.69) is 10.6 Å². The van der Waals surface area contributed by atoms with Crippen LogP contribution in [0, 0.1) is 6.92 Å². The van der Waals surface area contributed by atoms with E-state index in [1.54, 1.807) is 45.2 Å². The van der Waals surface area contributed by atoms with Gasteiger partial charge in [0.15, 0.2) is 0 Å². The molecule has 0 saturated carbocycles. The van der Waals surface area contributed by atoms with Gasteiger partial charge in [-0.05, 0) is 43.2 Å². The highest BCUT2D eigenvalue weighted by Crippen LogP contribution is 2.30. The SMILES string of the molecule is COc1ccc(C(C)NC(=O)C(=O)Nc2cc(C)c(Cl)cc2OC)cc1. The van der Waals surface area contributed by atoms with E-state index in [0.29, 0.717) is 16.5 Å². The third-order valence-electron chi connectivity index (χ3n) is 3.90. The molecular weight excluding hydrogens is 356 g/mol. The second kappa shape index (κ2) is 8.58. The molecule has 0 aliphatic rings. The maximum atomic E-state index is 12.2. The number of halogens is 1. The van der Waals surface area contributed by atoms with Crippen LogP contribution in [0.3, 0.4) is 0 Å². The second-order valence-electron chi connectivity index (χ2n) is 5.72. The van der Waals surface area contributed by atoms with Gasteiger partial charge in [0.1, 0.15) is 11.5 Å². The summed E-state index contributed by atoms with van der Waals surface area (Å²) in [7, 11) is 3.04. The standard InChI is InChI=1S/C19H21ClN2O4/c1-11-9-16(17(26-4)10-15(11)20)22-19(24)18(23)21-12(2)13-5-7-14(25-3)8-6-13/h5-10,12H,1-4H3,(H,21,23)(H,22,24). The molecule has 1 atom stereocenters. The molecule has 1 unspecified atom stereocenters. The predicted octanol–water partition coefficient (Wildman–Crippen LogP) is 3.48. The number of rotatable bonds is 5. The zero-order chi connectivity index (χ0) is 19.3. The second-order valence-corrected chi connectivity index (χ2v) is 6.13. The Morgan fingerprint density at radius 3 is 2.27 bits per heavy atom. The smallest absolute Gasteiger partial charge is 0.313 e. The van der Waals surface area contributed by atoms with Gasteiger partial charge in [-0.3, -0.25) is 9.59 Å². The summed E-state index contributed by atoms with van der Waals surface area (Å²) in [5, 5.41) is 5.72. The number of ether oxygens (including phenoxy) is 2. The van der Waals surface area contributed by atoms with Crippen LogP contribution in [0.5, 0.6) is 11.5 Å². The molecule has 138 valence electrons. The van der Waals surface area contributed by atoms with E-state index in [0.717, 1.165) is 16.9 Å².